The number of carbonyl (C=O) groups is 2. The van der Waals surface area contributed by atoms with Gasteiger partial charge in [0.2, 0.25) is 11.8 Å². The van der Waals surface area contributed by atoms with Gasteiger partial charge in [0.15, 0.2) is 0 Å². The Kier molecular flexibility index (Phi) is 9.26. The van der Waals surface area contributed by atoms with Crippen LogP contribution in [-0.4, -0.2) is 95.5 Å². The lowest BCUT2D eigenvalue weighted by molar-refractivity contribution is -0.169. The van der Waals surface area contributed by atoms with Crippen LogP contribution in [0.4, 0.5) is 0 Å². The number of piperidine rings is 1. The average molecular weight is 475 g/mol. The van der Waals surface area contributed by atoms with Gasteiger partial charge in [-0.05, 0) is 56.5 Å². The van der Waals surface area contributed by atoms with E-state index in [9.17, 15) is 14.7 Å². The number of carbonyl (C=O) groups excluding carboxylic acids is 2. The zero-order valence-electron chi connectivity index (χ0n) is 19.9. The van der Waals surface area contributed by atoms with Gasteiger partial charge >= 0.3 is 0 Å². The molecule has 0 saturated carbocycles. The summed E-state index contributed by atoms with van der Waals surface area (Å²) in [5.41, 5.74) is 0.999. The smallest absolute Gasteiger partial charge is 0.224 e. The molecule has 0 bridgehead atoms. The number of aliphatic hydroxyl groups excluding tert-OH is 1. The molecule has 3 fully saturated rings. The Morgan fingerprint density at radius 3 is 2.71 bits per heavy atom. The highest BCUT2D eigenvalue weighted by Crippen LogP contribution is 2.28. The summed E-state index contributed by atoms with van der Waals surface area (Å²) in [6, 6.07) is 3.61. The average Bonchev–Trinajstić information content (AvgIpc) is 2.85. The van der Waals surface area contributed by atoms with Gasteiger partial charge in [0.05, 0.1) is 37.9 Å². The summed E-state index contributed by atoms with van der Waals surface area (Å²) in [5, 5.41) is 13.3. The summed E-state index contributed by atoms with van der Waals surface area (Å²) in [6.45, 7) is 4.10. The quantitative estimate of drug-likeness (QED) is 0.610. The summed E-state index contributed by atoms with van der Waals surface area (Å²) in [6.07, 6.45) is 8.03. The molecule has 9 nitrogen and oxygen atoms in total. The van der Waals surface area contributed by atoms with Gasteiger partial charge in [0, 0.05) is 38.4 Å². The second kappa shape index (κ2) is 12.6. The molecular formula is C25H38N4O5. The highest BCUT2D eigenvalue weighted by molar-refractivity contribution is 5.77. The van der Waals surface area contributed by atoms with Gasteiger partial charge in [-0.3, -0.25) is 14.6 Å². The minimum atomic E-state index is -0.698. The third-order valence-corrected chi connectivity index (χ3v) is 7.04. The number of β-amino-alcohol motifs (C(OH)–C–C–N with tert-alkyl or cyclic N) is 1. The molecule has 9 heteroatoms. The Balaban J connectivity index is 1.30. The molecular weight excluding hydrogens is 436 g/mol. The molecule has 4 heterocycles. The number of likely N-dealkylation sites (tertiary alicyclic amines) is 1. The zero-order chi connectivity index (χ0) is 23.8. The van der Waals surface area contributed by atoms with Crippen molar-refractivity contribution in [1.29, 1.82) is 0 Å². The van der Waals surface area contributed by atoms with Gasteiger partial charge in [0.25, 0.3) is 0 Å². The first-order valence-corrected chi connectivity index (χ1v) is 12.7. The standard InChI is InChI=1S/C25H38N4O5/c30-20-16-29(25(32)8-13-28-11-2-1-3-12-28)22-5-4-21(34-23(22)18-33-17-20)14-24(31)27-15-19-6-9-26-10-7-19/h6-7,9-10,20-23,30H,1-5,8,11-18H2,(H,27,31)/t20-,21-,22+,23-/m0/s1. The molecule has 2 N–H and O–H groups in total. The molecule has 0 unspecified atom stereocenters. The third kappa shape index (κ3) is 7.21. The van der Waals surface area contributed by atoms with Crippen LogP contribution >= 0.6 is 0 Å². The molecule has 3 aliphatic rings. The van der Waals surface area contributed by atoms with Crippen molar-refractivity contribution in [3.8, 4) is 0 Å². The molecule has 0 spiro atoms. The van der Waals surface area contributed by atoms with E-state index >= 15 is 0 Å². The fourth-order valence-corrected chi connectivity index (χ4v) is 5.19. The topological polar surface area (TPSA) is 104 Å². The predicted octanol–water partition coefficient (Wildman–Crippen LogP) is 1.10. The molecule has 0 aliphatic carbocycles. The van der Waals surface area contributed by atoms with E-state index in [-0.39, 0.29) is 49.6 Å². The summed E-state index contributed by atoms with van der Waals surface area (Å²) < 4.78 is 11.9. The van der Waals surface area contributed by atoms with Gasteiger partial charge in [-0.2, -0.15) is 0 Å². The van der Waals surface area contributed by atoms with Gasteiger partial charge in [-0.25, -0.2) is 0 Å². The lowest BCUT2D eigenvalue weighted by atomic mass is 9.94. The fraction of sp³-hybridized carbons (Fsp3) is 0.720. The van der Waals surface area contributed by atoms with Crippen molar-refractivity contribution in [3.63, 3.8) is 0 Å². The molecule has 188 valence electrons. The van der Waals surface area contributed by atoms with Crippen LogP contribution in [0.5, 0.6) is 0 Å². The SMILES string of the molecule is O=C(C[C@@H]1CC[C@@H]2[C@H](COC[C@@H](O)CN2C(=O)CCN2CCCCC2)O1)NCc1ccncc1. The van der Waals surface area contributed by atoms with Crippen LogP contribution in [0.15, 0.2) is 24.5 Å². The van der Waals surface area contributed by atoms with Crippen molar-refractivity contribution in [3.05, 3.63) is 30.1 Å². The number of aliphatic hydroxyl groups is 1. The minimum Gasteiger partial charge on any atom is -0.389 e. The maximum atomic E-state index is 13.2. The maximum absolute atomic E-state index is 13.2. The Hall–Kier alpha value is -2.07. The van der Waals surface area contributed by atoms with Crippen molar-refractivity contribution >= 4 is 11.8 Å². The van der Waals surface area contributed by atoms with Crippen molar-refractivity contribution in [2.24, 2.45) is 0 Å². The first kappa shape index (κ1) is 25.0. The van der Waals surface area contributed by atoms with Crippen molar-refractivity contribution in [1.82, 2.24) is 20.1 Å². The van der Waals surface area contributed by atoms with Gasteiger partial charge in [-0.15, -0.1) is 0 Å². The monoisotopic (exact) mass is 474 g/mol. The number of amides is 2. The van der Waals surface area contributed by atoms with Crippen LogP contribution < -0.4 is 5.32 Å². The number of hydrogen-bond donors (Lipinski definition) is 2. The summed E-state index contributed by atoms with van der Waals surface area (Å²) >= 11 is 0. The largest absolute Gasteiger partial charge is 0.389 e. The van der Waals surface area contributed by atoms with E-state index in [1.54, 1.807) is 12.4 Å². The number of hydrogen-bond acceptors (Lipinski definition) is 7. The lowest BCUT2D eigenvalue weighted by Gasteiger charge is -2.44. The van der Waals surface area contributed by atoms with E-state index in [1.165, 1.54) is 19.3 Å². The molecule has 1 aromatic heterocycles. The molecule has 2 amide bonds. The van der Waals surface area contributed by atoms with Gasteiger partial charge in [0.1, 0.15) is 6.10 Å². The van der Waals surface area contributed by atoms with E-state index in [4.69, 9.17) is 9.47 Å². The Morgan fingerprint density at radius 1 is 1.12 bits per heavy atom. The summed E-state index contributed by atoms with van der Waals surface area (Å²) in [5.74, 6) is 0.00979. The Bertz CT molecular complexity index is 789. The number of nitrogens with one attached hydrogen (secondary N) is 1. The number of aromatic nitrogens is 1. The molecule has 0 radical (unpaired) electrons. The first-order valence-electron chi connectivity index (χ1n) is 12.7. The number of pyridine rings is 1. The maximum Gasteiger partial charge on any atom is 0.224 e. The van der Waals surface area contributed by atoms with Crippen molar-refractivity contribution < 1.29 is 24.2 Å². The van der Waals surface area contributed by atoms with E-state index in [1.807, 2.05) is 17.0 Å². The molecule has 4 atom stereocenters. The zero-order valence-corrected chi connectivity index (χ0v) is 19.9. The fourth-order valence-electron chi connectivity index (χ4n) is 5.19. The minimum absolute atomic E-state index is 0.0584. The second-order valence-electron chi connectivity index (χ2n) is 9.67. The number of nitrogens with zero attached hydrogens (tertiary/aromatic N) is 3. The van der Waals surface area contributed by atoms with Crippen LogP contribution in [-0.2, 0) is 25.6 Å². The molecule has 34 heavy (non-hydrogen) atoms. The molecule has 3 aliphatic heterocycles. The highest BCUT2D eigenvalue weighted by atomic mass is 16.5. The van der Waals surface area contributed by atoms with E-state index in [0.29, 0.717) is 26.0 Å². The Labute approximate surface area is 201 Å². The summed E-state index contributed by atoms with van der Waals surface area (Å²) in [7, 11) is 0. The second-order valence-corrected chi connectivity index (χ2v) is 9.67. The first-order chi connectivity index (χ1) is 16.6. The predicted molar refractivity (Wildman–Crippen MR) is 126 cm³/mol. The van der Waals surface area contributed by atoms with Crippen molar-refractivity contribution in [2.45, 2.75) is 75.8 Å². The van der Waals surface area contributed by atoms with Crippen molar-refractivity contribution in [2.75, 3.05) is 39.4 Å². The number of ether oxygens (including phenoxy) is 2. The molecule has 4 rings (SSSR count). The van der Waals surface area contributed by atoms with E-state index < -0.39 is 6.10 Å². The van der Waals surface area contributed by atoms with E-state index in [0.717, 1.165) is 31.6 Å². The Morgan fingerprint density at radius 2 is 1.91 bits per heavy atom. The van der Waals surface area contributed by atoms with E-state index in [2.05, 4.69) is 15.2 Å². The lowest BCUT2D eigenvalue weighted by Crippen LogP contribution is -2.57. The van der Waals surface area contributed by atoms with Crippen LogP contribution in [0.1, 0.15) is 50.5 Å². The number of rotatable bonds is 7. The number of fused-ring (bicyclic) bond motifs is 1. The van der Waals surface area contributed by atoms with Gasteiger partial charge < -0.3 is 29.7 Å². The third-order valence-electron chi connectivity index (χ3n) is 7.04. The van der Waals surface area contributed by atoms with Crippen LogP contribution in [0.2, 0.25) is 0 Å². The normalized spacial score (nSPS) is 28.4. The molecule has 3 saturated heterocycles. The summed E-state index contributed by atoms with van der Waals surface area (Å²) in [4.78, 5) is 33.9. The molecule has 0 aromatic carbocycles. The molecule has 1 aromatic rings. The van der Waals surface area contributed by atoms with Crippen LogP contribution in [0.3, 0.4) is 0 Å². The van der Waals surface area contributed by atoms with Gasteiger partial charge in [-0.1, -0.05) is 6.42 Å². The highest BCUT2D eigenvalue weighted by Gasteiger charge is 2.39. The van der Waals surface area contributed by atoms with Crippen LogP contribution in [0, 0.1) is 0 Å². The van der Waals surface area contributed by atoms with Crippen LogP contribution in [0.25, 0.3) is 0 Å².